The Morgan fingerprint density at radius 3 is 2.39 bits per heavy atom. The first-order valence-electron chi connectivity index (χ1n) is 8.58. The van der Waals surface area contributed by atoms with Gasteiger partial charge in [0.2, 0.25) is 11.8 Å². The van der Waals surface area contributed by atoms with E-state index in [0.717, 1.165) is 17.5 Å². The number of benzene rings is 1. The van der Waals surface area contributed by atoms with Crippen molar-refractivity contribution >= 4 is 11.8 Å². The van der Waals surface area contributed by atoms with Crippen LogP contribution in [0.4, 0.5) is 0 Å². The van der Waals surface area contributed by atoms with Gasteiger partial charge in [-0.25, -0.2) is 0 Å². The maximum Gasteiger partial charge on any atom is 0.243 e. The predicted octanol–water partition coefficient (Wildman–Crippen LogP) is 3.43. The predicted molar refractivity (Wildman–Crippen MR) is 94.0 cm³/mol. The number of amides is 2. The maximum atomic E-state index is 12.6. The summed E-state index contributed by atoms with van der Waals surface area (Å²) in [5.41, 5.74) is 2.21. The van der Waals surface area contributed by atoms with Gasteiger partial charge >= 0.3 is 0 Å². The lowest BCUT2D eigenvalue weighted by atomic mass is 10.1. The van der Waals surface area contributed by atoms with Crippen LogP contribution in [-0.2, 0) is 16.1 Å². The zero-order valence-corrected chi connectivity index (χ0v) is 15.1. The lowest BCUT2D eigenvalue weighted by Gasteiger charge is -2.31. The third kappa shape index (κ3) is 5.70. The summed E-state index contributed by atoms with van der Waals surface area (Å²) in [5, 5.41) is 3.00. The molecule has 23 heavy (non-hydrogen) atoms. The molecule has 0 bridgehead atoms. The lowest BCUT2D eigenvalue weighted by Crippen LogP contribution is -2.50. The minimum Gasteiger partial charge on any atom is -0.352 e. The first-order chi connectivity index (χ1) is 10.9. The molecule has 0 aliphatic rings. The summed E-state index contributed by atoms with van der Waals surface area (Å²) in [7, 11) is 0. The Kier molecular flexibility index (Phi) is 7.79. The van der Waals surface area contributed by atoms with Gasteiger partial charge in [0.15, 0.2) is 0 Å². The summed E-state index contributed by atoms with van der Waals surface area (Å²) in [6.45, 7) is 10.3. The van der Waals surface area contributed by atoms with Crippen molar-refractivity contribution in [3.63, 3.8) is 0 Å². The third-order valence-corrected chi connectivity index (χ3v) is 4.12. The van der Waals surface area contributed by atoms with Crippen molar-refractivity contribution in [2.45, 2.75) is 72.5 Å². The Morgan fingerprint density at radius 1 is 1.17 bits per heavy atom. The molecular formula is C19H30N2O2. The fraction of sp³-hybridized carbons (Fsp3) is 0.579. The SMILES string of the molecule is CCC(=O)N(Cc1cccc(C)c1)[C@@H](CC)C(=O)N[C@@H](C)CC. The van der Waals surface area contributed by atoms with Gasteiger partial charge in [0.05, 0.1) is 0 Å². The first kappa shape index (κ1) is 19.2. The number of rotatable bonds is 8. The number of carbonyl (C=O) groups excluding carboxylic acids is 2. The number of nitrogens with zero attached hydrogens (tertiary/aromatic N) is 1. The van der Waals surface area contributed by atoms with Gasteiger partial charge in [-0.2, -0.15) is 0 Å². The molecule has 4 heteroatoms. The average molecular weight is 318 g/mol. The van der Waals surface area contributed by atoms with Crippen molar-refractivity contribution in [2.75, 3.05) is 0 Å². The van der Waals surface area contributed by atoms with E-state index in [2.05, 4.69) is 11.4 Å². The molecule has 1 rings (SSSR count). The minimum absolute atomic E-state index is 0.0117. The van der Waals surface area contributed by atoms with Crippen LogP contribution in [0.5, 0.6) is 0 Å². The van der Waals surface area contributed by atoms with E-state index in [9.17, 15) is 9.59 Å². The Hall–Kier alpha value is -1.84. The molecule has 128 valence electrons. The second-order valence-corrected chi connectivity index (χ2v) is 6.11. The molecular weight excluding hydrogens is 288 g/mol. The van der Waals surface area contributed by atoms with Crippen molar-refractivity contribution in [3.8, 4) is 0 Å². The van der Waals surface area contributed by atoms with Gasteiger partial charge in [0.25, 0.3) is 0 Å². The van der Waals surface area contributed by atoms with Crippen molar-refractivity contribution in [1.29, 1.82) is 0 Å². The number of hydrogen-bond acceptors (Lipinski definition) is 2. The van der Waals surface area contributed by atoms with Gasteiger partial charge in [-0.1, -0.05) is 50.6 Å². The second-order valence-electron chi connectivity index (χ2n) is 6.11. The molecule has 1 N–H and O–H groups in total. The lowest BCUT2D eigenvalue weighted by molar-refractivity contribution is -0.141. The van der Waals surface area contributed by atoms with Crippen molar-refractivity contribution < 1.29 is 9.59 Å². The van der Waals surface area contributed by atoms with Crippen LogP contribution >= 0.6 is 0 Å². The van der Waals surface area contributed by atoms with E-state index in [0.29, 0.717) is 19.4 Å². The number of aryl methyl sites for hydroxylation is 1. The van der Waals surface area contributed by atoms with Gasteiger partial charge in [0.1, 0.15) is 6.04 Å². The monoisotopic (exact) mass is 318 g/mol. The van der Waals surface area contributed by atoms with Crippen LogP contribution in [-0.4, -0.2) is 28.8 Å². The van der Waals surface area contributed by atoms with Crippen molar-refractivity contribution in [3.05, 3.63) is 35.4 Å². The zero-order chi connectivity index (χ0) is 17.4. The highest BCUT2D eigenvalue weighted by atomic mass is 16.2. The second kappa shape index (κ2) is 9.33. The van der Waals surface area contributed by atoms with Crippen LogP contribution in [0.15, 0.2) is 24.3 Å². The Morgan fingerprint density at radius 2 is 1.87 bits per heavy atom. The van der Waals surface area contributed by atoms with E-state index in [4.69, 9.17) is 0 Å². The topological polar surface area (TPSA) is 49.4 Å². The molecule has 0 aliphatic carbocycles. The summed E-state index contributed by atoms with van der Waals surface area (Å²) < 4.78 is 0. The fourth-order valence-electron chi connectivity index (χ4n) is 2.57. The molecule has 4 nitrogen and oxygen atoms in total. The van der Waals surface area contributed by atoms with E-state index in [1.807, 2.05) is 52.8 Å². The molecule has 0 heterocycles. The van der Waals surface area contributed by atoms with Crippen LogP contribution in [0, 0.1) is 6.92 Å². The van der Waals surface area contributed by atoms with E-state index >= 15 is 0 Å². The fourth-order valence-corrected chi connectivity index (χ4v) is 2.57. The smallest absolute Gasteiger partial charge is 0.243 e. The summed E-state index contributed by atoms with van der Waals surface area (Å²) in [4.78, 5) is 26.7. The van der Waals surface area contributed by atoms with E-state index < -0.39 is 6.04 Å². The van der Waals surface area contributed by atoms with Crippen molar-refractivity contribution in [1.82, 2.24) is 10.2 Å². The van der Waals surface area contributed by atoms with Crippen LogP contribution in [0.3, 0.4) is 0 Å². The van der Waals surface area contributed by atoms with Gasteiger partial charge in [-0.3, -0.25) is 9.59 Å². The average Bonchev–Trinajstić information content (AvgIpc) is 2.53. The molecule has 0 aromatic heterocycles. The summed E-state index contributed by atoms with van der Waals surface area (Å²) >= 11 is 0. The maximum absolute atomic E-state index is 12.6. The van der Waals surface area contributed by atoms with E-state index in [1.165, 1.54) is 0 Å². The molecule has 0 saturated heterocycles. The highest BCUT2D eigenvalue weighted by Gasteiger charge is 2.28. The molecule has 0 radical (unpaired) electrons. The standard InChI is InChI=1S/C19H30N2O2/c1-6-15(5)20-19(23)17(7-2)21(18(22)8-3)13-16-11-9-10-14(4)12-16/h9-12,15,17H,6-8,13H2,1-5H3,(H,20,23)/t15-,17-/m0/s1. The first-order valence-corrected chi connectivity index (χ1v) is 8.58. The summed E-state index contributed by atoms with van der Waals surface area (Å²) in [6, 6.07) is 7.78. The number of carbonyl (C=O) groups is 2. The van der Waals surface area contributed by atoms with Gasteiger partial charge in [-0.05, 0) is 32.3 Å². The molecule has 0 fully saturated rings. The summed E-state index contributed by atoms with van der Waals surface area (Å²) in [6.07, 6.45) is 1.89. The highest BCUT2D eigenvalue weighted by molar-refractivity contribution is 5.87. The van der Waals surface area contributed by atoms with Crippen LogP contribution in [0.2, 0.25) is 0 Å². The zero-order valence-electron chi connectivity index (χ0n) is 15.1. The largest absolute Gasteiger partial charge is 0.352 e. The highest BCUT2D eigenvalue weighted by Crippen LogP contribution is 2.14. The Bertz CT molecular complexity index is 528. The molecule has 0 spiro atoms. The number of hydrogen-bond donors (Lipinski definition) is 1. The molecule has 2 amide bonds. The normalized spacial score (nSPS) is 13.3. The number of nitrogens with one attached hydrogen (secondary N) is 1. The summed E-state index contributed by atoms with van der Waals surface area (Å²) in [5.74, 6) is -0.0473. The van der Waals surface area contributed by atoms with Gasteiger partial charge < -0.3 is 10.2 Å². The van der Waals surface area contributed by atoms with Crippen LogP contribution in [0.25, 0.3) is 0 Å². The molecule has 0 unspecified atom stereocenters. The Balaban J connectivity index is 2.98. The van der Waals surface area contributed by atoms with E-state index in [1.54, 1.807) is 4.90 Å². The molecule has 0 saturated carbocycles. The molecule has 1 aromatic carbocycles. The quantitative estimate of drug-likeness (QED) is 0.798. The van der Waals surface area contributed by atoms with Gasteiger partial charge in [-0.15, -0.1) is 0 Å². The van der Waals surface area contributed by atoms with Gasteiger partial charge in [0, 0.05) is 19.0 Å². The van der Waals surface area contributed by atoms with E-state index in [-0.39, 0.29) is 17.9 Å². The Labute approximate surface area is 140 Å². The van der Waals surface area contributed by atoms with Crippen LogP contribution < -0.4 is 5.32 Å². The van der Waals surface area contributed by atoms with Crippen molar-refractivity contribution in [2.24, 2.45) is 0 Å². The third-order valence-electron chi connectivity index (χ3n) is 4.12. The molecule has 1 aromatic rings. The molecule has 0 aliphatic heterocycles. The minimum atomic E-state index is -0.419. The molecule has 2 atom stereocenters. The van der Waals surface area contributed by atoms with Crippen LogP contribution in [0.1, 0.15) is 58.1 Å².